The fraction of sp³-hybridized carbons (Fsp3) is 0.364. The van der Waals surface area contributed by atoms with Crippen LogP contribution in [0, 0.1) is 23.0 Å². The Balaban J connectivity index is 1.84. The highest BCUT2D eigenvalue weighted by atomic mass is 19.1. The third kappa shape index (κ3) is 4.53. The van der Waals surface area contributed by atoms with Crippen LogP contribution in [-0.2, 0) is 4.79 Å². The zero-order valence-corrected chi connectivity index (χ0v) is 17.4. The maximum atomic E-state index is 13.7. The molecule has 0 saturated carbocycles. The number of carbonyl (C=O) groups excluding carboxylic acids is 2. The summed E-state index contributed by atoms with van der Waals surface area (Å²) in [4.78, 5) is 26.9. The molecule has 2 aromatic carbocycles. The van der Waals surface area contributed by atoms with Crippen LogP contribution in [-0.4, -0.2) is 25.1 Å². The second-order valence-corrected chi connectivity index (χ2v) is 8.34. The minimum absolute atomic E-state index is 0.0385. The molecule has 0 fully saturated rings. The average Bonchev–Trinajstić information content (AvgIpc) is 2.75. The van der Waals surface area contributed by atoms with Crippen molar-refractivity contribution in [1.29, 1.82) is 0 Å². The van der Waals surface area contributed by atoms with E-state index in [2.05, 4.69) is 10.6 Å². The number of urea groups is 1. The van der Waals surface area contributed by atoms with Crippen molar-refractivity contribution < 1.29 is 23.1 Å². The van der Waals surface area contributed by atoms with Crippen molar-refractivity contribution >= 4 is 29.0 Å². The minimum Gasteiger partial charge on any atom is -0.490 e. The van der Waals surface area contributed by atoms with Crippen molar-refractivity contribution in [3.63, 3.8) is 0 Å². The lowest BCUT2D eigenvalue weighted by Gasteiger charge is -2.29. The molecule has 0 aromatic heterocycles. The van der Waals surface area contributed by atoms with Gasteiger partial charge in [0.1, 0.15) is 29.7 Å². The zero-order valence-electron chi connectivity index (χ0n) is 17.4. The number of anilines is 3. The van der Waals surface area contributed by atoms with E-state index in [1.807, 2.05) is 27.7 Å². The summed E-state index contributed by atoms with van der Waals surface area (Å²) in [6, 6.07) is 7.41. The van der Waals surface area contributed by atoms with Crippen LogP contribution in [0.2, 0.25) is 0 Å². The number of nitrogens with one attached hydrogen (secondary N) is 2. The molecule has 160 valence electrons. The summed E-state index contributed by atoms with van der Waals surface area (Å²) in [5.41, 5.74) is -0.261. The topological polar surface area (TPSA) is 70.7 Å². The summed E-state index contributed by atoms with van der Waals surface area (Å²) < 4.78 is 33.3. The van der Waals surface area contributed by atoms with Gasteiger partial charge in [-0.1, -0.05) is 19.9 Å². The Morgan fingerprint density at radius 3 is 2.47 bits per heavy atom. The molecule has 1 heterocycles. The van der Waals surface area contributed by atoms with Gasteiger partial charge >= 0.3 is 6.03 Å². The van der Waals surface area contributed by atoms with Gasteiger partial charge in [0.2, 0.25) is 5.91 Å². The molecule has 6 nitrogen and oxygen atoms in total. The molecular formula is C22H25F2N3O3. The Bertz CT molecular complexity index is 956. The maximum absolute atomic E-state index is 13.7. The summed E-state index contributed by atoms with van der Waals surface area (Å²) in [6.45, 7) is 8.40. The molecule has 0 aliphatic carbocycles. The predicted molar refractivity (Wildman–Crippen MR) is 112 cm³/mol. The van der Waals surface area contributed by atoms with Gasteiger partial charge in [-0.15, -0.1) is 0 Å². The van der Waals surface area contributed by atoms with Gasteiger partial charge in [-0.05, 0) is 44.0 Å². The molecule has 1 aliphatic rings. The molecule has 0 spiro atoms. The summed E-state index contributed by atoms with van der Waals surface area (Å²) in [5.74, 6) is -1.09. The third-order valence-electron chi connectivity index (χ3n) is 4.67. The average molecular weight is 417 g/mol. The minimum atomic E-state index is -0.875. The normalized spacial score (nSPS) is 15.3. The second-order valence-electron chi connectivity index (χ2n) is 8.34. The lowest BCUT2D eigenvalue weighted by molar-refractivity contribution is -0.127. The van der Waals surface area contributed by atoms with Crippen molar-refractivity contribution in [3.8, 4) is 5.75 Å². The molecule has 0 bridgehead atoms. The Hall–Kier alpha value is -3.16. The van der Waals surface area contributed by atoms with Gasteiger partial charge in [-0.25, -0.2) is 13.6 Å². The number of nitrogens with zero attached hydrogens (tertiary/aromatic N) is 1. The number of fused-ring (bicyclic) bond motifs is 1. The van der Waals surface area contributed by atoms with Crippen LogP contribution in [0.5, 0.6) is 5.75 Å². The molecule has 0 radical (unpaired) electrons. The molecule has 8 heteroatoms. The van der Waals surface area contributed by atoms with Crippen molar-refractivity contribution in [1.82, 2.24) is 0 Å². The van der Waals surface area contributed by atoms with Crippen LogP contribution >= 0.6 is 0 Å². The number of hydrogen-bond acceptors (Lipinski definition) is 3. The number of carbonyl (C=O) groups is 2. The fourth-order valence-corrected chi connectivity index (χ4v) is 3.16. The maximum Gasteiger partial charge on any atom is 0.323 e. The van der Waals surface area contributed by atoms with Crippen LogP contribution in [0.15, 0.2) is 36.4 Å². The van der Waals surface area contributed by atoms with Crippen molar-refractivity contribution in [3.05, 3.63) is 48.0 Å². The number of benzene rings is 2. The first-order valence-corrected chi connectivity index (χ1v) is 9.69. The van der Waals surface area contributed by atoms with Crippen LogP contribution in [0.1, 0.15) is 27.7 Å². The number of para-hydroxylation sites is 1. The van der Waals surface area contributed by atoms with Crippen molar-refractivity contribution in [2.45, 2.75) is 27.7 Å². The third-order valence-corrected chi connectivity index (χ3v) is 4.67. The van der Waals surface area contributed by atoms with Gasteiger partial charge in [-0.3, -0.25) is 4.79 Å². The van der Waals surface area contributed by atoms with E-state index in [9.17, 15) is 18.4 Å². The van der Waals surface area contributed by atoms with E-state index in [1.165, 1.54) is 6.07 Å². The fourth-order valence-electron chi connectivity index (χ4n) is 3.16. The van der Waals surface area contributed by atoms with Gasteiger partial charge in [0.15, 0.2) is 0 Å². The molecule has 3 rings (SSSR count). The molecule has 2 aromatic rings. The van der Waals surface area contributed by atoms with Crippen molar-refractivity contribution in [2.75, 3.05) is 28.7 Å². The lowest BCUT2D eigenvalue weighted by Crippen LogP contribution is -2.43. The van der Waals surface area contributed by atoms with Gasteiger partial charge in [0, 0.05) is 18.3 Å². The smallest absolute Gasteiger partial charge is 0.323 e. The molecule has 30 heavy (non-hydrogen) atoms. The molecule has 1 aliphatic heterocycles. The Morgan fingerprint density at radius 2 is 1.83 bits per heavy atom. The molecular weight excluding hydrogens is 392 g/mol. The first-order chi connectivity index (χ1) is 14.1. The largest absolute Gasteiger partial charge is 0.490 e. The van der Waals surface area contributed by atoms with E-state index in [1.54, 1.807) is 23.1 Å². The first-order valence-electron chi connectivity index (χ1n) is 9.69. The predicted octanol–water partition coefficient (Wildman–Crippen LogP) is 5.02. The van der Waals surface area contributed by atoms with E-state index in [0.29, 0.717) is 23.7 Å². The highest BCUT2D eigenvalue weighted by Crippen LogP contribution is 2.38. The number of halogens is 2. The number of rotatable bonds is 4. The van der Waals surface area contributed by atoms with E-state index < -0.39 is 28.8 Å². The quantitative estimate of drug-likeness (QED) is 0.734. The second kappa shape index (κ2) is 8.30. The monoisotopic (exact) mass is 417 g/mol. The van der Waals surface area contributed by atoms with E-state index in [4.69, 9.17) is 4.74 Å². The van der Waals surface area contributed by atoms with Gasteiger partial charge in [-0.2, -0.15) is 0 Å². The summed E-state index contributed by atoms with van der Waals surface area (Å²) in [7, 11) is 0. The molecule has 0 atom stereocenters. The number of hydrogen-bond donors (Lipinski definition) is 2. The summed E-state index contributed by atoms with van der Waals surface area (Å²) in [5, 5.41) is 4.71. The van der Waals surface area contributed by atoms with Gasteiger partial charge in [0.05, 0.1) is 11.1 Å². The zero-order chi connectivity index (χ0) is 22.1. The molecule has 0 saturated heterocycles. The Morgan fingerprint density at radius 1 is 1.17 bits per heavy atom. The van der Waals surface area contributed by atoms with Gasteiger partial charge < -0.3 is 20.3 Å². The molecule has 2 N–H and O–H groups in total. The number of ether oxygens (including phenoxy) is 1. The molecule has 3 amide bonds. The van der Waals surface area contributed by atoms with Crippen molar-refractivity contribution in [2.24, 2.45) is 11.3 Å². The van der Waals surface area contributed by atoms with Crippen LogP contribution in [0.25, 0.3) is 0 Å². The van der Waals surface area contributed by atoms with Gasteiger partial charge in [0.25, 0.3) is 0 Å². The SMILES string of the molecule is CC(C)CN1C(=O)C(C)(C)COc2cc(NC(=O)Nc3c(F)cccc3F)ccc21. The van der Waals surface area contributed by atoms with Crippen LogP contribution in [0.3, 0.4) is 0 Å². The Labute approximate surface area is 174 Å². The van der Waals surface area contributed by atoms with E-state index in [0.717, 1.165) is 12.1 Å². The van der Waals surface area contributed by atoms with E-state index in [-0.39, 0.29) is 18.4 Å². The van der Waals surface area contributed by atoms with Crippen LogP contribution < -0.4 is 20.3 Å². The standard InChI is InChI=1S/C22H25F2N3O3/c1-13(2)11-27-17-9-8-14(10-18(17)30-12-22(3,4)20(27)28)25-21(29)26-19-15(23)6-5-7-16(19)24/h5-10,13H,11-12H2,1-4H3,(H2,25,26,29). The highest BCUT2D eigenvalue weighted by Gasteiger charge is 2.38. The first kappa shape index (κ1) is 21.5. The summed E-state index contributed by atoms with van der Waals surface area (Å²) in [6.07, 6.45) is 0. The Kier molecular flexibility index (Phi) is 5.96. The van der Waals surface area contributed by atoms with E-state index >= 15 is 0 Å². The number of amides is 3. The lowest BCUT2D eigenvalue weighted by atomic mass is 9.92. The molecule has 0 unspecified atom stereocenters. The summed E-state index contributed by atoms with van der Waals surface area (Å²) >= 11 is 0. The highest BCUT2D eigenvalue weighted by molar-refractivity contribution is 6.02. The van der Waals surface area contributed by atoms with Crippen LogP contribution in [0.4, 0.5) is 30.6 Å².